The Kier molecular flexibility index (Phi) is 5.59. The Labute approximate surface area is 132 Å². The third kappa shape index (κ3) is 4.35. The second kappa shape index (κ2) is 7.64. The van der Waals surface area contributed by atoms with E-state index >= 15 is 0 Å². The van der Waals surface area contributed by atoms with Crippen LogP contribution in [0.4, 0.5) is 0 Å². The van der Waals surface area contributed by atoms with Gasteiger partial charge in [-0.1, -0.05) is 48.5 Å². The van der Waals surface area contributed by atoms with Crippen molar-refractivity contribution < 1.29 is 9.53 Å². The minimum atomic E-state index is 0.00195. The van der Waals surface area contributed by atoms with Crippen LogP contribution in [0.3, 0.4) is 0 Å². The summed E-state index contributed by atoms with van der Waals surface area (Å²) >= 11 is 0. The highest BCUT2D eigenvalue weighted by molar-refractivity contribution is 5.78. The van der Waals surface area contributed by atoms with E-state index < -0.39 is 0 Å². The SMILES string of the molecule is Cc1ccccc1OCC(=O)N(Cc1ccccc1)C(C)C. The van der Waals surface area contributed by atoms with E-state index in [2.05, 4.69) is 0 Å². The number of hydrogen-bond donors (Lipinski definition) is 0. The van der Waals surface area contributed by atoms with E-state index in [1.54, 1.807) is 0 Å². The van der Waals surface area contributed by atoms with Crippen molar-refractivity contribution in [3.05, 3.63) is 65.7 Å². The number of benzene rings is 2. The average Bonchev–Trinajstić information content (AvgIpc) is 2.52. The first-order chi connectivity index (χ1) is 10.6. The lowest BCUT2D eigenvalue weighted by molar-refractivity contribution is -0.135. The molecule has 0 saturated heterocycles. The minimum absolute atomic E-state index is 0.00195. The third-order valence-corrected chi connectivity index (χ3v) is 3.58. The fourth-order valence-electron chi connectivity index (χ4n) is 2.28. The highest BCUT2D eigenvalue weighted by atomic mass is 16.5. The Morgan fingerprint density at radius 3 is 2.32 bits per heavy atom. The molecule has 116 valence electrons. The molecule has 0 aliphatic heterocycles. The van der Waals surface area contributed by atoms with Crippen molar-refractivity contribution in [2.45, 2.75) is 33.4 Å². The second-order valence-corrected chi connectivity index (χ2v) is 5.66. The highest BCUT2D eigenvalue weighted by Gasteiger charge is 2.18. The summed E-state index contributed by atoms with van der Waals surface area (Å²) < 4.78 is 5.68. The van der Waals surface area contributed by atoms with Crippen LogP contribution in [0, 0.1) is 6.92 Å². The van der Waals surface area contributed by atoms with Crippen molar-refractivity contribution in [3.8, 4) is 5.75 Å². The lowest BCUT2D eigenvalue weighted by Gasteiger charge is -2.27. The quantitative estimate of drug-likeness (QED) is 0.811. The molecule has 0 aliphatic carbocycles. The number of aryl methyl sites for hydroxylation is 1. The normalized spacial score (nSPS) is 10.5. The standard InChI is InChI=1S/C19H23NO2/c1-15(2)20(13-17-10-5-4-6-11-17)19(21)14-22-18-12-8-7-9-16(18)3/h4-12,15H,13-14H2,1-3H3. The van der Waals surface area contributed by atoms with Crippen LogP contribution >= 0.6 is 0 Å². The molecule has 2 aromatic rings. The van der Waals surface area contributed by atoms with E-state index in [9.17, 15) is 4.79 Å². The van der Waals surface area contributed by atoms with Gasteiger partial charge in [-0.25, -0.2) is 0 Å². The van der Waals surface area contributed by atoms with Crippen molar-refractivity contribution in [2.24, 2.45) is 0 Å². The molecule has 0 radical (unpaired) electrons. The number of rotatable bonds is 6. The van der Waals surface area contributed by atoms with Gasteiger partial charge in [-0.3, -0.25) is 4.79 Å². The number of nitrogens with zero attached hydrogens (tertiary/aromatic N) is 1. The molecule has 0 atom stereocenters. The van der Waals surface area contributed by atoms with Crippen LogP contribution in [0.2, 0.25) is 0 Å². The van der Waals surface area contributed by atoms with E-state index in [-0.39, 0.29) is 18.6 Å². The Bertz CT molecular complexity index is 608. The average molecular weight is 297 g/mol. The number of ether oxygens (including phenoxy) is 1. The van der Waals surface area contributed by atoms with Gasteiger partial charge in [0.05, 0.1) is 0 Å². The maximum atomic E-state index is 12.5. The van der Waals surface area contributed by atoms with Gasteiger partial charge in [0.1, 0.15) is 5.75 Å². The summed E-state index contributed by atoms with van der Waals surface area (Å²) in [5, 5.41) is 0. The first-order valence-electron chi connectivity index (χ1n) is 7.59. The summed E-state index contributed by atoms with van der Waals surface area (Å²) in [4.78, 5) is 14.3. The van der Waals surface area contributed by atoms with Gasteiger partial charge in [-0.05, 0) is 38.0 Å². The molecule has 22 heavy (non-hydrogen) atoms. The molecule has 1 amide bonds. The topological polar surface area (TPSA) is 29.5 Å². The molecule has 0 aliphatic rings. The summed E-state index contributed by atoms with van der Waals surface area (Å²) in [6.45, 7) is 6.69. The van der Waals surface area contributed by atoms with Crippen LogP contribution in [0.1, 0.15) is 25.0 Å². The molecule has 0 unspecified atom stereocenters. The Morgan fingerprint density at radius 2 is 1.68 bits per heavy atom. The number of carbonyl (C=O) groups excluding carboxylic acids is 1. The molecule has 0 spiro atoms. The van der Waals surface area contributed by atoms with Crippen LogP contribution in [0.25, 0.3) is 0 Å². The van der Waals surface area contributed by atoms with Gasteiger partial charge >= 0.3 is 0 Å². The predicted octanol–water partition coefficient (Wildman–Crippen LogP) is 3.81. The second-order valence-electron chi connectivity index (χ2n) is 5.66. The van der Waals surface area contributed by atoms with Crippen molar-refractivity contribution in [1.82, 2.24) is 4.90 Å². The number of carbonyl (C=O) groups is 1. The first-order valence-corrected chi connectivity index (χ1v) is 7.59. The molecule has 0 bridgehead atoms. The molecule has 2 rings (SSSR count). The van der Waals surface area contributed by atoms with Gasteiger partial charge in [-0.15, -0.1) is 0 Å². The van der Waals surface area contributed by atoms with Gasteiger partial charge in [0.25, 0.3) is 5.91 Å². The van der Waals surface area contributed by atoms with E-state index in [1.165, 1.54) is 0 Å². The predicted molar refractivity (Wildman–Crippen MR) is 88.8 cm³/mol. The van der Waals surface area contributed by atoms with Gasteiger partial charge < -0.3 is 9.64 Å². The molecule has 0 saturated carbocycles. The van der Waals surface area contributed by atoms with Crippen molar-refractivity contribution in [3.63, 3.8) is 0 Å². The fourth-order valence-corrected chi connectivity index (χ4v) is 2.28. The molecule has 3 nitrogen and oxygen atoms in total. The maximum absolute atomic E-state index is 12.5. The lowest BCUT2D eigenvalue weighted by Crippen LogP contribution is -2.39. The smallest absolute Gasteiger partial charge is 0.261 e. The van der Waals surface area contributed by atoms with Crippen LogP contribution < -0.4 is 4.74 Å². The van der Waals surface area contributed by atoms with E-state index in [4.69, 9.17) is 4.74 Å². The monoisotopic (exact) mass is 297 g/mol. The van der Waals surface area contributed by atoms with Crippen molar-refractivity contribution in [2.75, 3.05) is 6.61 Å². The molecule has 0 N–H and O–H groups in total. The van der Waals surface area contributed by atoms with Crippen LogP contribution in [-0.4, -0.2) is 23.5 Å². The van der Waals surface area contributed by atoms with E-state index in [0.717, 1.165) is 16.9 Å². The Balaban J connectivity index is 2.00. The lowest BCUT2D eigenvalue weighted by atomic mass is 10.2. The summed E-state index contributed by atoms with van der Waals surface area (Å²) in [6, 6.07) is 17.9. The van der Waals surface area contributed by atoms with Crippen LogP contribution in [0.15, 0.2) is 54.6 Å². The molecular formula is C19H23NO2. The zero-order chi connectivity index (χ0) is 15.9. The number of amides is 1. The fraction of sp³-hybridized carbons (Fsp3) is 0.316. The number of hydrogen-bond acceptors (Lipinski definition) is 2. The Morgan fingerprint density at radius 1 is 1.05 bits per heavy atom. The molecule has 0 heterocycles. The van der Waals surface area contributed by atoms with Gasteiger partial charge in [0.2, 0.25) is 0 Å². The molecule has 0 fully saturated rings. The van der Waals surface area contributed by atoms with E-state index in [0.29, 0.717) is 6.54 Å². The van der Waals surface area contributed by atoms with Crippen molar-refractivity contribution >= 4 is 5.91 Å². The summed E-state index contributed by atoms with van der Waals surface area (Å²) in [6.07, 6.45) is 0. The third-order valence-electron chi connectivity index (χ3n) is 3.58. The van der Waals surface area contributed by atoms with Gasteiger partial charge in [0, 0.05) is 12.6 Å². The van der Waals surface area contributed by atoms with E-state index in [1.807, 2.05) is 80.3 Å². The highest BCUT2D eigenvalue weighted by Crippen LogP contribution is 2.16. The minimum Gasteiger partial charge on any atom is -0.484 e. The molecular weight excluding hydrogens is 274 g/mol. The first kappa shape index (κ1) is 16.1. The van der Waals surface area contributed by atoms with Gasteiger partial charge in [-0.2, -0.15) is 0 Å². The van der Waals surface area contributed by atoms with Crippen molar-refractivity contribution in [1.29, 1.82) is 0 Å². The number of para-hydroxylation sites is 1. The summed E-state index contributed by atoms with van der Waals surface area (Å²) in [5.41, 5.74) is 2.16. The van der Waals surface area contributed by atoms with Gasteiger partial charge in [0.15, 0.2) is 6.61 Å². The zero-order valence-electron chi connectivity index (χ0n) is 13.5. The molecule has 3 heteroatoms. The Hall–Kier alpha value is -2.29. The summed E-state index contributed by atoms with van der Waals surface area (Å²) in [5.74, 6) is 0.765. The maximum Gasteiger partial charge on any atom is 0.261 e. The zero-order valence-corrected chi connectivity index (χ0v) is 13.5. The largest absolute Gasteiger partial charge is 0.484 e. The molecule has 2 aromatic carbocycles. The van der Waals surface area contributed by atoms with Crippen LogP contribution in [-0.2, 0) is 11.3 Å². The van der Waals surface area contributed by atoms with Crippen LogP contribution in [0.5, 0.6) is 5.75 Å². The summed E-state index contributed by atoms with van der Waals surface area (Å²) in [7, 11) is 0. The molecule has 0 aromatic heterocycles.